The van der Waals surface area contributed by atoms with Crippen molar-refractivity contribution in [2.45, 2.75) is 38.6 Å². The second-order valence-electron chi connectivity index (χ2n) is 5.24. The van der Waals surface area contributed by atoms with E-state index in [0.717, 1.165) is 17.2 Å². The van der Waals surface area contributed by atoms with Crippen molar-refractivity contribution in [2.24, 2.45) is 5.41 Å². The summed E-state index contributed by atoms with van der Waals surface area (Å²) in [5, 5.41) is 3.51. The van der Waals surface area contributed by atoms with Gasteiger partial charge in [-0.25, -0.2) is 4.39 Å². The quantitative estimate of drug-likeness (QED) is 0.800. The number of nitrogens with one attached hydrogen (secondary N) is 1. The van der Waals surface area contributed by atoms with E-state index >= 15 is 0 Å². The van der Waals surface area contributed by atoms with E-state index in [9.17, 15) is 4.39 Å². The number of rotatable bonds is 5. The second-order valence-corrected chi connectivity index (χ2v) is 6.33. The fraction of sp³-hybridized carbons (Fsp3) is 0.571. The van der Waals surface area contributed by atoms with Gasteiger partial charge in [0, 0.05) is 16.7 Å². The van der Waals surface area contributed by atoms with Gasteiger partial charge in [-0.15, -0.1) is 11.8 Å². The van der Waals surface area contributed by atoms with E-state index in [1.165, 1.54) is 12.1 Å². The Morgan fingerprint density at radius 1 is 1.24 bits per heavy atom. The molecule has 1 N–H and O–H groups in total. The molecular weight excluding hydrogens is 233 g/mol. The molecule has 0 fully saturated rings. The Bertz CT molecular complexity index is 329. The highest BCUT2D eigenvalue weighted by Gasteiger charge is 2.23. The van der Waals surface area contributed by atoms with E-state index in [1.807, 2.05) is 12.1 Å². The molecule has 0 radical (unpaired) electrons. The van der Waals surface area contributed by atoms with Crippen LogP contribution in [0.5, 0.6) is 0 Å². The maximum Gasteiger partial charge on any atom is 0.123 e. The summed E-state index contributed by atoms with van der Waals surface area (Å²) in [6, 6.07) is 7.17. The van der Waals surface area contributed by atoms with Gasteiger partial charge in [-0.1, -0.05) is 27.7 Å². The second kappa shape index (κ2) is 6.41. The van der Waals surface area contributed by atoms with Crippen LogP contribution in [-0.2, 0) is 0 Å². The molecule has 1 atom stereocenters. The fourth-order valence-corrected chi connectivity index (χ4v) is 2.88. The molecule has 0 aliphatic carbocycles. The molecule has 1 aromatic rings. The van der Waals surface area contributed by atoms with Crippen LogP contribution in [0.1, 0.15) is 27.7 Å². The summed E-state index contributed by atoms with van der Waals surface area (Å²) in [5.41, 5.74) is 0.239. The summed E-state index contributed by atoms with van der Waals surface area (Å²) in [4.78, 5) is 1.12. The first kappa shape index (κ1) is 14.5. The lowest BCUT2D eigenvalue weighted by molar-refractivity contribution is 0.295. The summed E-state index contributed by atoms with van der Waals surface area (Å²) >= 11 is 1.77. The van der Waals surface area contributed by atoms with Crippen molar-refractivity contribution in [3.8, 4) is 0 Å². The normalized spacial score (nSPS) is 13.7. The van der Waals surface area contributed by atoms with E-state index in [-0.39, 0.29) is 11.2 Å². The summed E-state index contributed by atoms with van der Waals surface area (Å²) in [6.45, 7) is 9.83. The average molecular weight is 255 g/mol. The lowest BCUT2D eigenvalue weighted by atomic mass is 9.88. The predicted molar refractivity (Wildman–Crippen MR) is 74.0 cm³/mol. The van der Waals surface area contributed by atoms with Crippen LogP contribution in [0.3, 0.4) is 0 Å². The van der Waals surface area contributed by atoms with Crippen LogP contribution >= 0.6 is 11.8 Å². The van der Waals surface area contributed by atoms with Crippen molar-refractivity contribution in [3.63, 3.8) is 0 Å². The van der Waals surface area contributed by atoms with E-state index in [2.05, 4.69) is 33.0 Å². The Hall–Kier alpha value is -0.540. The molecule has 0 saturated carbocycles. The van der Waals surface area contributed by atoms with E-state index in [4.69, 9.17) is 0 Å². The molecule has 0 amide bonds. The zero-order valence-corrected chi connectivity index (χ0v) is 11.9. The monoisotopic (exact) mass is 255 g/mol. The largest absolute Gasteiger partial charge is 0.313 e. The number of benzene rings is 1. The molecule has 0 heterocycles. The maximum atomic E-state index is 12.8. The van der Waals surface area contributed by atoms with Crippen LogP contribution < -0.4 is 5.32 Å². The highest BCUT2D eigenvalue weighted by atomic mass is 32.2. The molecule has 17 heavy (non-hydrogen) atoms. The van der Waals surface area contributed by atoms with Gasteiger partial charge in [0.05, 0.1) is 0 Å². The number of hydrogen-bond donors (Lipinski definition) is 1. The third-order valence-electron chi connectivity index (χ3n) is 2.73. The Balaban J connectivity index is 2.54. The van der Waals surface area contributed by atoms with Crippen LogP contribution in [0, 0.1) is 11.2 Å². The van der Waals surface area contributed by atoms with Gasteiger partial charge in [0.15, 0.2) is 0 Å². The molecule has 1 aromatic carbocycles. The molecule has 0 spiro atoms. The van der Waals surface area contributed by atoms with Crippen molar-refractivity contribution in [1.82, 2.24) is 5.32 Å². The predicted octanol–water partition coefficient (Wildman–Crippen LogP) is 3.94. The van der Waals surface area contributed by atoms with Crippen molar-refractivity contribution in [1.29, 1.82) is 0 Å². The van der Waals surface area contributed by atoms with E-state index in [1.54, 1.807) is 11.8 Å². The molecule has 96 valence electrons. The molecule has 1 unspecified atom stereocenters. The van der Waals surface area contributed by atoms with Gasteiger partial charge in [-0.2, -0.15) is 0 Å². The molecule has 0 aliphatic heterocycles. The summed E-state index contributed by atoms with van der Waals surface area (Å²) in [5.74, 6) is 0.830. The highest BCUT2D eigenvalue weighted by Crippen LogP contribution is 2.26. The Labute approximate surface area is 108 Å². The molecule has 1 rings (SSSR count). The maximum absolute atomic E-state index is 12.8. The average Bonchev–Trinajstić information content (AvgIpc) is 2.25. The van der Waals surface area contributed by atoms with Gasteiger partial charge in [0.25, 0.3) is 0 Å². The molecule has 0 aromatic heterocycles. The van der Waals surface area contributed by atoms with E-state index in [0.29, 0.717) is 6.04 Å². The molecule has 1 nitrogen and oxygen atoms in total. The smallest absolute Gasteiger partial charge is 0.123 e. The number of thioether (sulfide) groups is 1. The van der Waals surface area contributed by atoms with Gasteiger partial charge in [-0.3, -0.25) is 0 Å². The SMILES string of the molecule is CCNC(CSc1ccc(F)cc1)C(C)(C)C. The molecule has 0 aliphatic rings. The van der Waals surface area contributed by atoms with Crippen molar-refractivity contribution in [2.75, 3.05) is 12.3 Å². The van der Waals surface area contributed by atoms with Gasteiger partial charge in [0.2, 0.25) is 0 Å². The zero-order chi connectivity index (χ0) is 12.9. The summed E-state index contributed by atoms with van der Waals surface area (Å²) < 4.78 is 12.8. The van der Waals surface area contributed by atoms with Gasteiger partial charge in [-0.05, 0) is 36.2 Å². The molecular formula is C14H22FNS. The molecule has 3 heteroatoms. The minimum absolute atomic E-state index is 0.173. The zero-order valence-electron chi connectivity index (χ0n) is 11.1. The van der Waals surface area contributed by atoms with Crippen LogP contribution in [0.15, 0.2) is 29.2 Å². The molecule has 0 bridgehead atoms. The molecule has 0 saturated heterocycles. The highest BCUT2D eigenvalue weighted by molar-refractivity contribution is 7.99. The van der Waals surface area contributed by atoms with Crippen LogP contribution in [-0.4, -0.2) is 18.3 Å². The Morgan fingerprint density at radius 2 is 1.82 bits per heavy atom. The Kier molecular flexibility index (Phi) is 5.47. The summed E-state index contributed by atoms with van der Waals surface area (Å²) in [6.07, 6.45) is 0. The van der Waals surface area contributed by atoms with Crippen molar-refractivity contribution >= 4 is 11.8 Å². The topological polar surface area (TPSA) is 12.0 Å². The third-order valence-corrected chi connectivity index (χ3v) is 3.83. The third kappa shape index (κ3) is 5.09. The minimum Gasteiger partial charge on any atom is -0.313 e. The van der Waals surface area contributed by atoms with Crippen molar-refractivity contribution in [3.05, 3.63) is 30.1 Å². The van der Waals surface area contributed by atoms with Crippen LogP contribution in [0.2, 0.25) is 0 Å². The van der Waals surface area contributed by atoms with Crippen molar-refractivity contribution < 1.29 is 4.39 Å². The van der Waals surface area contributed by atoms with Gasteiger partial charge < -0.3 is 5.32 Å². The van der Waals surface area contributed by atoms with Gasteiger partial charge >= 0.3 is 0 Å². The first-order valence-electron chi connectivity index (χ1n) is 6.05. The Morgan fingerprint density at radius 3 is 2.29 bits per heavy atom. The van der Waals surface area contributed by atoms with Gasteiger partial charge in [0.1, 0.15) is 5.82 Å². The lowest BCUT2D eigenvalue weighted by Gasteiger charge is -2.31. The summed E-state index contributed by atoms with van der Waals surface area (Å²) in [7, 11) is 0. The number of halogens is 1. The van der Waals surface area contributed by atoms with Crippen LogP contribution in [0.4, 0.5) is 4.39 Å². The minimum atomic E-state index is -0.173. The van der Waals surface area contributed by atoms with E-state index < -0.39 is 0 Å². The van der Waals surface area contributed by atoms with Crippen LogP contribution in [0.25, 0.3) is 0 Å². The number of hydrogen-bond acceptors (Lipinski definition) is 2. The first-order chi connectivity index (χ1) is 7.93. The first-order valence-corrected chi connectivity index (χ1v) is 7.04. The lowest BCUT2D eigenvalue weighted by Crippen LogP contribution is -2.42. The standard InChI is InChI=1S/C14H22FNS/c1-5-16-13(14(2,3)4)10-17-12-8-6-11(15)7-9-12/h6-9,13,16H,5,10H2,1-4H3. The fourth-order valence-electron chi connectivity index (χ4n) is 1.57.